The van der Waals surface area contributed by atoms with Crippen molar-refractivity contribution in [3.63, 3.8) is 0 Å². The molecule has 3 aromatic carbocycles. The summed E-state index contributed by atoms with van der Waals surface area (Å²) in [7, 11) is 0. The van der Waals surface area contributed by atoms with Gasteiger partial charge in [-0.2, -0.15) is 0 Å². The Morgan fingerprint density at radius 2 is 1.27 bits per heavy atom. The second-order valence-corrected chi connectivity index (χ2v) is 10.2. The van der Waals surface area contributed by atoms with Crippen LogP contribution in [0.15, 0.2) is 59.7 Å². The molecular formula is C33H30F6N2O3. The van der Waals surface area contributed by atoms with E-state index < -0.39 is 63.8 Å². The normalized spacial score (nSPS) is 17.0. The Labute approximate surface area is 250 Å². The van der Waals surface area contributed by atoms with Crippen molar-refractivity contribution in [1.29, 1.82) is 0 Å². The van der Waals surface area contributed by atoms with Crippen LogP contribution in [-0.4, -0.2) is 48.9 Å². The van der Waals surface area contributed by atoms with Crippen molar-refractivity contribution in [3.05, 3.63) is 111 Å². The quantitative estimate of drug-likeness (QED) is 0.154. The van der Waals surface area contributed by atoms with Crippen LogP contribution in [0, 0.1) is 34.9 Å². The number of amides is 1. The van der Waals surface area contributed by atoms with Gasteiger partial charge in [0.2, 0.25) is 0 Å². The van der Waals surface area contributed by atoms with Gasteiger partial charge in [0.1, 0.15) is 24.0 Å². The number of ketones is 1. The van der Waals surface area contributed by atoms with Crippen molar-refractivity contribution in [2.45, 2.75) is 32.7 Å². The van der Waals surface area contributed by atoms with E-state index in [4.69, 9.17) is 4.74 Å². The van der Waals surface area contributed by atoms with Crippen molar-refractivity contribution < 1.29 is 40.7 Å². The topological polar surface area (TPSA) is 58.6 Å². The van der Waals surface area contributed by atoms with E-state index in [0.717, 1.165) is 31.8 Å². The number of Topliss-reactive ketones (excluding diaryl/α,β-unsaturated/α-hetero) is 1. The molecule has 11 heteroatoms. The minimum Gasteiger partial charge on any atom is -0.492 e. The summed E-state index contributed by atoms with van der Waals surface area (Å²) in [6.45, 7) is 7.10. The van der Waals surface area contributed by atoms with Crippen LogP contribution in [0.5, 0.6) is 5.75 Å². The predicted molar refractivity (Wildman–Crippen MR) is 154 cm³/mol. The monoisotopic (exact) mass is 616 g/mol. The van der Waals surface area contributed by atoms with Gasteiger partial charge in [0, 0.05) is 52.6 Å². The predicted octanol–water partition coefficient (Wildman–Crippen LogP) is 6.87. The molecule has 0 aliphatic heterocycles. The van der Waals surface area contributed by atoms with Crippen molar-refractivity contribution in [1.82, 2.24) is 10.2 Å². The molecular weight excluding hydrogens is 586 g/mol. The molecule has 0 aromatic heterocycles. The Morgan fingerprint density at radius 1 is 0.795 bits per heavy atom. The zero-order valence-electron chi connectivity index (χ0n) is 24.0. The molecule has 44 heavy (non-hydrogen) atoms. The summed E-state index contributed by atoms with van der Waals surface area (Å²) in [5, 5.41) is 2.77. The van der Waals surface area contributed by atoms with Crippen molar-refractivity contribution in [3.8, 4) is 5.75 Å². The fourth-order valence-electron chi connectivity index (χ4n) is 4.82. The van der Waals surface area contributed by atoms with E-state index >= 15 is 0 Å². The Morgan fingerprint density at radius 3 is 1.75 bits per heavy atom. The molecule has 1 N–H and O–H groups in total. The SMILES string of the molecule is CCN(CC)CCOc1ccc(C(=O)NC2C/C(=C\c3cc(F)c(F)cc3F)C(=O)/C(=C/c3cc(F)c(F)cc3F)C2)cc1. The van der Waals surface area contributed by atoms with Gasteiger partial charge in [-0.15, -0.1) is 0 Å². The zero-order chi connectivity index (χ0) is 32.0. The van der Waals surface area contributed by atoms with Gasteiger partial charge < -0.3 is 15.0 Å². The average molecular weight is 617 g/mol. The zero-order valence-corrected chi connectivity index (χ0v) is 24.0. The molecule has 0 bridgehead atoms. The Bertz CT molecular complexity index is 1520. The molecule has 0 saturated heterocycles. The summed E-state index contributed by atoms with van der Waals surface area (Å²) in [6.07, 6.45) is 1.76. The van der Waals surface area contributed by atoms with E-state index in [2.05, 4.69) is 24.1 Å². The average Bonchev–Trinajstić information content (AvgIpc) is 2.99. The van der Waals surface area contributed by atoms with Gasteiger partial charge in [-0.3, -0.25) is 9.59 Å². The van der Waals surface area contributed by atoms with Crippen LogP contribution in [0.3, 0.4) is 0 Å². The van der Waals surface area contributed by atoms with Gasteiger partial charge in [-0.1, -0.05) is 13.8 Å². The number of hydrogen-bond acceptors (Lipinski definition) is 4. The second kappa shape index (κ2) is 14.4. The van der Waals surface area contributed by atoms with Crippen LogP contribution in [0.1, 0.15) is 48.2 Å². The number of nitrogens with one attached hydrogen (secondary N) is 1. The largest absolute Gasteiger partial charge is 0.492 e. The highest BCUT2D eigenvalue weighted by Gasteiger charge is 2.30. The fourth-order valence-corrected chi connectivity index (χ4v) is 4.82. The molecule has 0 spiro atoms. The van der Waals surface area contributed by atoms with E-state index in [1.807, 2.05) is 0 Å². The molecule has 1 aliphatic rings. The maximum Gasteiger partial charge on any atom is 0.251 e. The smallest absolute Gasteiger partial charge is 0.251 e. The summed E-state index contributed by atoms with van der Waals surface area (Å²) in [4.78, 5) is 28.6. The van der Waals surface area contributed by atoms with E-state index in [9.17, 15) is 35.9 Å². The van der Waals surface area contributed by atoms with Crippen LogP contribution >= 0.6 is 0 Å². The van der Waals surface area contributed by atoms with Gasteiger partial charge in [0.05, 0.1) is 0 Å². The van der Waals surface area contributed by atoms with Crippen molar-refractivity contribution in [2.75, 3.05) is 26.2 Å². The summed E-state index contributed by atoms with van der Waals surface area (Å²) >= 11 is 0. The summed E-state index contributed by atoms with van der Waals surface area (Å²) in [6, 6.07) is 7.41. The third-order valence-electron chi connectivity index (χ3n) is 7.28. The molecule has 1 aliphatic carbocycles. The van der Waals surface area contributed by atoms with E-state index in [0.29, 0.717) is 36.6 Å². The number of halogens is 6. The first-order valence-electron chi connectivity index (χ1n) is 14.0. The van der Waals surface area contributed by atoms with Crippen molar-refractivity contribution in [2.24, 2.45) is 0 Å². The first-order chi connectivity index (χ1) is 21.0. The fraction of sp³-hybridized carbons (Fsp3) is 0.273. The molecule has 0 unspecified atom stereocenters. The number of likely N-dealkylation sites (N-methyl/N-ethyl adjacent to an activating group) is 1. The molecule has 5 nitrogen and oxygen atoms in total. The molecule has 1 amide bonds. The summed E-state index contributed by atoms with van der Waals surface area (Å²) < 4.78 is 89.2. The minimum absolute atomic E-state index is 0.0994. The van der Waals surface area contributed by atoms with Gasteiger partial charge in [0.15, 0.2) is 29.1 Å². The first kappa shape index (κ1) is 32.5. The van der Waals surface area contributed by atoms with E-state index in [-0.39, 0.29) is 29.6 Å². The number of carbonyl (C=O) groups excluding carboxylic acids is 2. The molecule has 1 fully saturated rings. The number of hydrogen-bond donors (Lipinski definition) is 1. The Hall–Kier alpha value is -4.38. The molecule has 0 radical (unpaired) electrons. The Kier molecular flexibility index (Phi) is 10.6. The highest BCUT2D eigenvalue weighted by Crippen LogP contribution is 2.31. The number of benzene rings is 3. The molecule has 4 rings (SSSR count). The van der Waals surface area contributed by atoms with Gasteiger partial charge in [-0.05, 0) is 74.5 Å². The maximum absolute atomic E-state index is 14.4. The molecule has 3 aromatic rings. The lowest BCUT2D eigenvalue weighted by Crippen LogP contribution is -2.39. The maximum atomic E-state index is 14.4. The third-order valence-corrected chi connectivity index (χ3v) is 7.28. The number of nitrogens with zero attached hydrogens (tertiary/aromatic N) is 1. The van der Waals surface area contributed by atoms with Gasteiger partial charge in [0.25, 0.3) is 5.91 Å². The van der Waals surface area contributed by atoms with Gasteiger partial charge >= 0.3 is 0 Å². The van der Waals surface area contributed by atoms with E-state index in [1.165, 1.54) is 0 Å². The van der Waals surface area contributed by atoms with Crippen LogP contribution in [0.25, 0.3) is 12.2 Å². The van der Waals surface area contributed by atoms with Crippen LogP contribution in [0.4, 0.5) is 26.3 Å². The highest BCUT2D eigenvalue weighted by molar-refractivity contribution is 6.14. The molecule has 0 atom stereocenters. The van der Waals surface area contributed by atoms with Gasteiger partial charge in [-0.25, -0.2) is 26.3 Å². The minimum atomic E-state index is -1.42. The summed E-state index contributed by atoms with van der Waals surface area (Å²) in [5.41, 5.74) is -0.772. The Balaban J connectivity index is 1.58. The van der Waals surface area contributed by atoms with Crippen LogP contribution in [-0.2, 0) is 4.79 Å². The number of carbonyl (C=O) groups is 2. The third kappa shape index (κ3) is 7.96. The van der Waals surface area contributed by atoms with Crippen LogP contribution < -0.4 is 10.1 Å². The van der Waals surface area contributed by atoms with Crippen LogP contribution in [0.2, 0.25) is 0 Å². The second-order valence-electron chi connectivity index (χ2n) is 10.2. The molecule has 232 valence electrons. The lowest BCUT2D eigenvalue weighted by Gasteiger charge is -2.27. The molecule has 1 saturated carbocycles. The van der Waals surface area contributed by atoms with Crippen molar-refractivity contribution >= 4 is 23.8 Å². The lowest BCUT2D eigenvalue weighted by atomic mass is 9.83. The number of rotatable bonds is 10. The lowest BCUT2D eigenvalue weighted by molar-refractivity contribution is -0.113. The standard InChI is InChI=1S/C33H30F6N2O3/c1-3-41(4-2)9-10-44-25-7-5-19(6-8-25)33(43)40-24-13-22(11-20-15-28(36)30(38)17-26(20)34)32(42)23(14-24)12-21-16-29(37)31(39)18-27(21)35/h5-8,11-12,15-18,24H,3-4,9-10,13-14H2,1-2H3,(H,40,43)/b22-11+,23-12+. The van der Waals surface area contributed by atoms with E-state index in [1.54, 1.807) is 24.3 Å². The highest BCUT2D eigenvalue weighted by atomic mass is 19.2. The summed E-state index contributed by atoms with van der Waals surface area (Å²) in [5.74, 6) is -8.45. The first-order valence-corrected chi connectivity index (χ1v) is 14.0. The number of ether oxygens (including phenoxy) is 1. The molecule has 0 heterocycles.